The molecule has 0 aromatic heterocycles. The molecule has 2 unspecified atom stereocenters. The van der Waals surface area contributed by atoms with E-state index in [-0.39, 0.29) is 30.2 Å². The Morgan fingerprint density at radius 2 is 1.44 bits per heavy atom. The molecule has 0 fully saturated rings. The Hall–Kier alpha value is -0.660. The predicted octanol–water partition coefficient (Wildman–Crippen LogP) is 8.71. The number of rotatable bonds is 4. The number of halogens is 2. The summed E-state index contributed by atoms with van der Waals surface area (Å²) in [6.07, 6.45) is 3.80. The Morgan fingerprint density at radius 1 is 0.844 bits per heavy atom. The molecule has 2 aromatic carbocycles. The van der Waals surface area contributed by atoms with Crippen LogP contribution >= 0.6 is 24.8 Å². The fourth-order valence-electron chi connectivity index (χ4n) is 5.47. The molecule has 2 aliphatic rings. The van der Waals surface area contributed by atoms with Crippen molar-refractivity contribution in [1.82, 2.24) is 0 Å². The largest absolute Gasteiger partial charge is 0.147 e. The van der Waals surface area contributed by atoms with Gasteiger partial charge in [0.1, 0.15) is 0 Å². The maximum Gasteiger partial charge on any atom is -0.147 e. The Bertz CT molecular complexity index is 1150. The molecular weight excluding hydrogens is 527 g/mol. The third-order valence-electron chi connectivity index (χ3n) is 7.39. The second-order valence-electron chi connectivity index (χ2n) is 9.14. The molecule has 0 aliphatic heterocycles. The minimum absolute atomic E-state index is 0. The van der Waals surface area contributed by atoms with Crippen LogP contribution in [0.5, 0.6) is 0 Å². The van der Waals surface area contributed by atoms with Gasteiger partial charge in [0.05, 0.1) is 0 Å². The van der Waals surface area contributed by atoms with Crippen molar-refractivity contribution in [2.45, 2.75) is 57.8 Å². The molecule has 0 spiro atoms. The molecule has 170 valence electrons. The maximum absolute atomic E-state index is 2.71. The second kappa shape index (κ2) is 11.2. The first-order chi connectivity index (χ1) is 14.4. The number of fused-ring (bicyclic) bond motifs is 1. The van der Waals surface area contributed by atoms with Gasteiger partial charge in [-0.2, -0.15) is 0 Å². The van der Waals surface area contributed by atoms with Crippen molar-refractivity contribution in [1.29, 1.82) is 0 Å². The van der Waals surface area contributed by atoms with E-state index in [1.165, 1.54) is 22.3 Å². The van der Waals surface area contributed by atoms with Gasteiger partial charge >= 0.3 is 192 Å². The van der Waals surface area contributed by atoms with Crippen LogP contribution in [-0.4, -0.2) is 5.43 Å². The van der Waals surface area contributed by atoms with E-state index in [1.54, 1.807) is 22.3 Å². The van der Waals surface area contributed by atoms with E-state index in [0.29, 0.717) is 9.54 Å². The molecule has 0 amide bonds. The number of allylic oxidation sites excluding steroid dienone is 5. The van der Waals surface area contributed by atoms with Crippen molar-refractivity contribution in [3.63, 3.8) is 0 Å². The maximum atomic E-state index is 2.71. The molecule has 2 aliphatic carbocycles. The molecule has 0 N–H and O–H groups in total. The standard InChI is InChI=1S/C17H15.C9H13.C2H6Si.2ClH.Zr/c1-2-13-7-3-5-9-15(13)17-12-11-14-8-4-6-10-16(14)17;1-6-5-7(2)9(4)8(6)3;1-3-2;;;/h3-12H,2H2,1H3;6H,1-4H3;1-2H3;2*1H;. The fraction of sp³-hybridized carbons (Fsp3) is 0.357. The van der Waals surface area contributed by atoms with Crippen LogP contribution in [0.15, 0.2) is 74.6 Å². The summed E-state index contributed by atoms with van der Waals surface area (Å²) in [7, 11) is 0. The van der Waals surface area contributed by atoms with Crippen molar-refractivity contribution < 1.29 is 20.4 Å². The number of hydrogen-bond acceptors (Lipinski definition) is 0. The van der Waals surface area contributed by atoms with Crippen molar-refractivity contribution in [3.8, 4) is 0 Å². The van der Waals surface area contributed by atoms with Gasteiger partial charge < -0.3 is 0 Å². The van der Waals surface area contributed by atoms with E-state index < -0.39 is 20.4 Å². The average Bonchev–Trinajstić information content (AvgIpc) is 3.21. The normalized spacial score (nSPS) is 19.3. The summed E-state index contributed by atoms with van der Waals surface area (Å²) in [6.45, 7) is 17.1. The van der Waals surface area contributed by atoms with Crippen LogP contribution in [-0.2, 0) is 26.8 Å². The third-order valence-corrected chi connectivity index (χ3v) is 26.0. The van der Waals surface area contributed by atoms with Crippen molar-refractivity contribution in [3.05, 3.63) is 96.9 Å². The summed E-state index contributed by atoms with van der Waals surface area (Å²) in [4.78, 5) is 0. The molecule has 0 heterocycles. The molecule has 0 saturated carbocycles. The Kier molecular flexibility index (Phi) is 9.63. The summed E-state index contributed by atoms with van der Waals surface area (Å²) in [5.74, 6) is 0.659. The van der Waals surface area contributed by atoms with Crippen molar-refractivity contribution in [2.75, 3.05) is 0 Å². The Balaban J connectivity index is 0.00000181. The van der Waals surface area contributed by atoms with Crippen molar-refractivity contribution >= 4 is 35.8 Å². The zero-order valence-electron chi connectivity index (χ0n) is 20.4. The van der Waals surface area contributed by atoms with E-state index in [9.17, 15) is 0 Å². The van der Waals surface area contributed by atoms with E-state index >= 15 is 0 Å². The number of hydrogen-bond donors (Lipinski definition) is 0. The van der Waals surface area contributed by atoms with Gasteiger partial charge in [-0.3, -0.25) is 0 Å². The molecule has 4 heteroatoms. The molecule has 0 saturated heterocycles. The van der Waals surface area contributed by atoms with Crippen LogP contribution in [0, 0.1) is 5.92 Å². The minimum atomic E-state index is -1.91. The first kappa shape index (κ1) is 27.6. The number of benzene rings is 2. The van der Waals surface area contributed by atoms with Gasteiger partial charge in [-0.05, 0) is 0 Å². The molecular formula is C28H36Cl2SiZr. The van der Waals surface area contributed by atoms with Crippen LogP contribution in [0.1, 0.15) is 60.5 Å². The van der Waals surface area contributed by atoms with Gasteiger partial charge in [-0.15, -0.1) is 24.8 Å². The average molecular weight is 563 g/mol. The summed E-state index contributed by atoms with van der Waals surface area (Å²) in [5, 5.41) is 0. The van der Waals surface area contributed by atoms with E-state index in [0.717, 1.165) is 6.42 Å². The first-order valence-corrected chi connectivity index (χ1v) is 20.2. The summed E-state index contributed by atoms with van der Waals surface area (Å²) in [6, 6.07) is 18.4. The fourth-order valence-corrected chi connectivity index (χ4v) is 25.2. The Labute approximate surface area is 215 Å². The van der Waals surface area contributed by atoms with Gasteiger partial charge in [0, 0.05) is 0 Å². The van der Waals surface area contributed by atoms with Crippen LogP contribution in [0.2, 0.25) is 13.1 Å². The third kappa shape index (κ3) is 4.63. The predicted molar refractivity (Wildman–Crippen MR) is 144 cm³/mol. The van der Waals surface area contributed by atoms with Crippen LogP contribution in [0.3, 0.4) is 0 Å². The van der Waals surface area contributed by atoms with Gasteiger partial charge in [0.25, 0.3) is 0 Å². The summed E-state index contributed by atoms with van der Waals surface area (Å²) in [5.41, 5.74) is 12.0. The Morgan fingerprint density at radius 3 is 2.00 bits per heavy atom. The summed E-state index contributed by atoms with van der Waals surface area (Å²) >= 11 is -1.91. The molecule has 0 radical (unpaired) electrons. The van der Waals surface area contributed by atoms with Gasteiger partial charge in [-0.1, -0.05) is 0 Å². The van der Waals surface area contributed by atoms with E-state index in [1.807, 2.05) is 3.28 Å². The minimum Gasteiger partial charge on any atom is -0.147 e. The second-order valence-corrected chi connectivity index (χ2v) is 26.6. The zero-order chi connectivity index (χ0) is 21.6. The molecule has 4 rings (SSSR count). The topological polar surface area (TPSA) is 0 Å². The number of aryl methyl sites for hydroxylation is 1. The van der Waals surface area contributed by atoms with E-state index in [2.05, 4.69) is 102 Å². The van der Waals surface area contributed by atoms with Gasteiger partial charge in [-0.25, -0.2) is 0 Å². The van der Waals surface area contributed by atoms with Crippen LogP contribution in [0.4, 0.5) is 0 Å². The van der Waals surface area contributed by atoms with Crippen LogP contribution in [0.25, 0.3) is 5.57 Å². The molecule has 2 aromatic rings. The monoisotopic (exact) mass is 560 g/mol. The smallest absolute Gasteiger partial charge is 0.147 e. The first-order valence-electron chi connectivity index (χ1n) is 11.3. The van der Waals surface area contributed by atoms with Gasteiger partial charge in [0.2, 0.25) is 0 Å². The molecule has 0 bridgehead atoms. The molecule has 2 atom stereocenters. The molecule has 32 heavy (non-hydrogen) atoms. The zero-order valence-corrected chi connectivity index (χ0v) is 25.5. The summed E-state index contributed by atoms with van der Waals surface area (Å²) < 4.78 is 2.59. The molecule has 0 nitrogen and oxygen atoms in total. The SMILES string of the molecule is CCc1ccccc1C1=C[CH]([Zr]([C]2=C(C)C(C)=C(C)C2C)=[Si](C)C)c2ccccc21.Cl.Cl. The van der Waals surface area contributed by atoms with E-state index in [4.69, 9.17) is 0 Å². The quantitative estimate of drug-likeness (QED) is 0.327. The van der Waals surface area contributed by atoms with Crippen LogP contribution < -0.4 is 0 Å². The van der Waals surface area contributed by atoms with Gasteiger partial charge in [0.15, 0.2) is 0 Å². The van der Waals surface area contributed by atoms with Crippen molar-refractivity contribution in [2.24, 2.45) is 5.92 Å².